The lowest BCUT2D eigenvalue weighted by Crippen LogP contribution is -2.46. The van der Waals surface area contributed by atoms with Crippen molar-refractivity contribution >= 4 is 0 Å². The highest BCUT2D eigenvalue weighted by Crippen LogP contribution is 2.16. The van der Waals surface area contributed by atoms with E-state index in [1.165, 1.54) is 172 Å². The lowest BCUT2D eigenvalue weighted by Gasteiger charge is -2.34. The third-order valence-electron chi connectivity index (χ3n) is 7.37. The highest BCUT2D eigenvalue weighted by atomic mass is 15.3. The van der Waals surface area contributed by atoms with E-state index in [0.717, 1.165) is 0 Å². The average Bonchev–Trinajstić information content (AvgIpc) is 2.76. The smallest absolute Gasteiger partial charge is 0.0784 e. The van der Waals surface area contributed by atoms with Gasteiger partial charge in [0.15, 0.2) is 0 Å². The van der Waals surface area contributed by atoms with Crippen molar-refractivity contribution in [3.05, 3.63) is 0 Å². The Kier molecular flexibility index (Phi) is 24.6. The second-order valence-electron chi connectivity index (χ2n) is 10.9. The molecular weight excluding hydrogens is 374 g/mol. The normalized spacial score (nSPS) is 12.0. The summed E-state index contributed by atoms with van der Waals surface area (Å²) in [6.45, 7) is 11.2. The maximum atomic E-state index is 2.54. The quantitative estimate of drug-likeness (QED) is 0.0930. The van der Waals surface area contributed by atoms with Crippen molar-refractivity contribution in [1.82, 2.24) is 0 Å². The summed E-state index contributed by atoms with van der Waals surface area (Å²) in [6.07, 6.45) is 33.4. The molecule has 0 amide bonds. The summed E-state index contributed by atoms with van der Waals surface area (Å²) < 4.78 is 1.34. The van der Waals surface area contributed by atoms with Crippen molar-refractivity contribution < 1.29 is 4.48 Å². The van der Waals surface area contributed by atoms with Crippen LogP contribution in [0.5, 0.6) is 0 Å². The molecule has 0 aromatic rings. The van der Waals surface area contributed by atoms with E-state index < -0.39 is 0 Å². The van der Waals surface area contributed by atoms with Gasteiger partial charge >= 0.3 is 0 Å². The Balaban J connectivity index is 3.58. The second-order valence-corrected chi connectivity index (χ2v) is 10.9. The van der Waals surface area contributed by atoms with Gasteiger partial charge in [-0.25, -0.2) is 0 Å². The molecule has 0 atom stereocenters. The lowest BCUT2D eigenvalue weighted by molar-refractivity contribution is -0.910. The topological polar surface area (TPSA) is 0 Å². The van der Waals surface area contributed by atoms with Gasteiger partial charge < -0.3 is 4.48 Å². The van der Waals surface area contributed by atoms with Gasteiger partial charge in [-0.2, -0.15) is 0 Å². The molecule has 0 aromatic carbocycles. The third-order valence-corrected chi connectivity index (χ3v) is 7.37. The SMILES string of the molecule is CCCCCCCCCCCCC[N+](C)(CCC)CCCCCCCCCCCCC. The molecule has 0 saturated heterocycles. The van der Waals surface area contributed by atoms with Crippen molar-refractivity contribution in [2.75, 3.05) is 26.7 Å². The number of nitrogens with zero attached hydrogens (tertiary/aromatic N) is 1. The molecule has 0 saturated carbocycles. The Bertz CT molecular complexity index is 298. The van der Waals surface area contributed by atoms with Crippen LogP contribution in [0, 0.1) is 0 Å². The van der Waals surface area contributed by atoms with Gasteiger partial charge in [0.1, 0.15) is 0 Å². The van der Waals surface area contributed by atoms with E-state index in [1.54, 1.807) is 0 Å². The fraction of sp³-hybridized carbons (Fsp3) is 1.00. The maximum absolute atomic E-state index is 2.54. The Labute approximate surface area is 199 Å². The minimum atomic E-state index is 1.34. The van der Waals surface area contributed by atoms with Crippen molar-refractivity contribution in [2.24, 2.45) is 0 Å². The van der Waals surface area contributed by atoms with Gasteiger partial charge in [-0.15, -0.1) is 0 Å². The van der Waals surface area contributed by atoms with Crippen LogP contribution in [-0.2, 0) is 0 Å². The first-order chi connectivity index (χ1) is 15.2. The van der Waals surface area contributed by atoms with E-state index in [2.05, 4.69) is 27.8 Å². The molecule has 188 valence electrons. The molecule has 0 radical (unpaired) electrons. The monoisotopic (exact) mass is 439 g/mol. The van der Waals surface area contributed by atoms with Crippen LogP contribution in [0.25, 0.3) is 0 Å². The summed E-state index contributed by atoms with van der Waals surface area (Å²) in [5.74, 6) is 0. The van der Waals surface area contributed by atoms with Crippen molar-refractivity contribution in [2.45, 2.75) is 168 Å². The molecule has 0 spiro atoms. The van der Waals surface area contributed by atoms with Crippen LogP contribution in [0.1, 0.15) is 168 Å². The highest BCUT2D eigenvalue weighted by molar-refractivity contribution is 4.51. The zero-order chi connectivity index (χ0) is 22.9. The van der Waals surface area contributed by atoms with Crippen LogP contribution in [-0.4, -0.2) is 31.2 Å². The van der Waals surface area contributed by atoms with Crippen LogP contribution < -0.4 is 0 Å². The molecule has 0 aromatic heterocycles. The molecule has 0 aliphatic heterocycles. The summed E-state index contributed by atoms with van der Waals surface area (Å²) in [4.78, 5) is 0. The predicted octanol–water partition coefficient (Wildman–Crippen LogP) is 10.5. The molecule has 31 heavy (non-hydrogen) atoms. The summed E-state index contributed by atoms with van der Waals surface area (Å²) in [5.41, 5.74) is 0. The summed E-state index contributed by atoms with van der Waals surface area (Å²) in [5, 5.41) is 0. The number of rotatable bonds is 26. The molecule has 0 heterocycles. The van der Waals surface area contributed by atoms with Gasteiger partial charge in [-0.1, -0.05) is 136 Å². The predicted molar refractivity (Wildman–Crippen MR) is 144 cm³/mol. The van der Waals surface area contributed by atoms with E-state index in [9.17, 15) is 0 Å². The summed E-state index contributed by atoms with van der Waals surface area (Å²) >= 11 is 0. The molecule has 0 aliphatic carbocycles. The van der Waals surface area contributed by atoms with Crippen molar-refractivity contribution in [1.29, 1.82) is 0 Å². The largest absolute Gasteiger partial charge is 0.326 e. The lowest BCUT2D eigenvalue weighted by atomic mass is 10.0. The van der Waals surface area contributed by atoms with Gasteiger partial charge in [0.05, 0.1) is 26.7 Å². The Morgan fingerprint density at radius 3 is 0.806 bits per heavy atom. The molecule has 1 heteroatoms. The zero-order valence-corrected chi connectivity index (χ0v) is 22.8. The molecule has 0 fully saturated rings. The Hall–Kier alpha value is -0.0400. The highest BCUT2D eigenvalue weighted by Gasteiger charge is 2.19. The fourth-order valence-corrected chi connectivity index (χ4v) is 5.19. The molecule has 0 N–H and O–H groups in total. The van der Waals surface area contributed by atoms with E-state index in [4.69, 9.17) is 0 Å². The van der Waals surface area contributed by atoms with Gasteiger partial charge in [-0.05, 0) is 32.1 Å². The van der Waals surface area contributed by atoms with Crippen LogP contribution >= 0.6 is 0 Å². The van der Waals surface area contributed by atoms with Crippen molar-refractivity contribution in [3.63, 3.8) is 0 Å². The minimum absolute atomic E-state index is 1.34. The van der Waals surface area contributed by atoms with E-state index in [-0.39, 0.29) is 0 Å². The number of unbranched alkanes of at least 4 members (excludes halogenated alkanes) is 20. The first-order valence-electron chi connectivity index (χ1n) is 15.0. The van der Waals surface area contributed by atoms with Crippen LogP contribution in [0.15, 0.2) is 0 Å². The van der Waals surface area contributed by atoms with E-state index >= 15 is 0 Å². The molecule has 0 bridgehead atoms. The van der Waals surface area contributed by atoms with E-state index in [1.807, 2.05) is 0 Å². The number of hydrogen-bond donors (Lipinski definition) is 0. The van der Waals surface area contributed by atoms with Gasteiger partial charge in [0, 0.05) is 0 Å². The van der Waals surface area contributed by atoms with Gasteiger partial charge in [0.2, 0.25) is 0 Å². The Morgan fingerprint density at radius 1 is 0.290 bits per heavy atom. The minimum Gasteiger partial charge on any atom is -0.326 e. The number of hydrogen-bond acceptors (Lipinski definition) is 0. The number of quaternary nitrogens is 1. The molecule has 1 nitrogen and oxygen atoms in total. The van der Waals surface area contributed by atoms with Crippen LogP contribution in [0.3, 0.4) is 0 Å². The molecule has 0 aliphatic rings. The fourth-order valence-electron chi connectivity index (χ4n) is 5.19. The first kappa shape index (κ1) is 31.0. The molecule has 0 unspecified atom stereocenters. The first-order valence-corrected chi connectivity index (χ1v) is 15.0. The van der Waals surface area contributed by atoms with Crippen LogP contribution in [0.4, 0.5) is 0 Å². The summed E-state index contributed by atoms with van der Waals surface area (Å²) in [7, 11) is 2.54. The third kappa shape index (κ3) is 22.9. The average molecular weight is 439 g/mol. The Morgan fingerprint density at radius 2 is 0.548 bits per heavy atom. The standard InChI is InChI=1S/C30H64N/c1-5-8-10-12-14-16-18-20-22-24-26-29-31(4,28-7-3)30-27-25-23-21-19-17-15-13-11-9-6-2/h5-30H2,1-4H3/q+1. The second kappa shape index (κ2) is 24.6. The summed E-state index contributed by atoms with van der Waals surface area (Å²) in [6, 6.07) is 0. The maximum Gasteiger partial charge on any atom is 0.0784 e. The zero-order valence-electron chi connectivity index (χ0n) is 22.8. The van der Waals surface area contributed by atoms with E-state index in [0.29, 0.717) is 0 Å². The molecular formula is C30H64N+. The van der Waals surface area contributed by atoms with Gasteiger partial charge in [0.25, 0.3) is 0 Å². The van der Waals surface area contributed by atoms with Crippen LogP contribution in [0.2, 0.25) is 0 Å². The van der Waals surface area contributed by atoms with Gasteiger partial charge in [-0.3, -0.25) is 0 Å². The molecule has 0 rings (SSSR count). The van der Waals surface area contributed by atoms with Crippen molar-refractivity contribution in [3.8, 4) is 0 Å².